The fraction of sp³-hybridized carbons (Fsp3) is 0.444. The summed E-state index contributed by atoms with van der Waals surface area (Å²) in [5.74, 6) is 0.331. The zero-order valence-electron chi connectivity index (χ0n) is 9.48. The van der Waals surface area contributed by atoms with E-state index in [0.717, 1.165) is 16.0 Å². The Kier molecular flexibility index (Phi) is 2.62. The summed E-state index contributed by atoms with van der Waals surface area (Å²) in [5, 5.41) is 14.9. The van der Waals surface area contributed by atoms with Crippen LogP contribution in [0.1, 0.15) is 12.5 Å². The van der Waals surface area contributed by atoms with Gasteiger partial charge in [0.2, 0.25) is 5.13 Å². The second-order valence-electron chi connectivity index (χ2n) is 4.08. The Morgan fingerprint density at radius 2 is 2.21 bits per heavy atom. The predicted molar refractivity (Wildman–Crippen MR) is 63.7 cm³/mol. The van der Waals surface area contributed by atoms with Gasteiger partial charge in [0.05, 0.1) is 0 Å². The van der Waals surface area contributed by atoms with E-state index in [1.165, 1.54) is 6.07 Å². The lowest BCUT2D eigenvalue weighted by Crippen LogP contribution is -2.33. The van der Waals surface area contributed by atoms with E-state index in [-0.39, 0.29) is 18.1 Å². The lowest BCUT2D eigenvalue weighted by atomic mass is 10.1. The Labute approximate surface area is 109 Å². The Morgan fingerprint density at radius 1 is 1.42 bits per heavy atom. The highest BCUT2D eigenvalue weighted by atomic mass is 32.1. The Balaban J connectivity index is 2.02. The summed E-state index contributed by atoms with van der Waals surface area (Å²) < 4.78 is 39.7. The Hall–Kier alpha value is -1.84. The second-order valence-corrected chi connectivity index (χ2v) is 5.09. The van der Waals surface area contributed by atoms with Gasteiger partial charge in [0, 0.05) is 12.6 Å². The van der Waals surface area contributed by atoms with Gasteiger partial charge in [0.15, 0.2) is 11.0 Å². The zero-order chi connectivity index (χ0) is 13.6. The van der Waals surface area contributed by atoms with E-state index in [1.807, 2.05) is 0 Å². The van der Waals surface area contributed by atoms with Crippen molar-refractivity contribution in [2.24, 2.45) is 0 Å². The molecule has 0 radical (unpaired) electrons. The number of nitrogens with two attached hydrogens (primary N) is 1. The van der Waals surface area contributed by atoms with Crippen LogP contribution in [0, 0.1) is 0 Å². The van der Waals surface area contributed by atoms with Gasteiger partial charge in [-0.2, -0.15) is 18.3 Å². The SMILES string of the molecule is Nc1nnc(-c2cc3n(n2)C(C(F)(F)F)CCN3)s1. The molecule has 1 atom stereocenters. The molecule has 0 amide bonds. The molecule has 0 fully saturated rings. The van der Waals surface area contributed by atoms with Gasteiger partial charge in [0.1, 0.15) is 11.5 Å². The minimum absolute atomic E-state index is 0.0458. The standard InChI is InChI=1S/C9H9F3N6S/c10-9(11,12)5-1-2-14-6-3-4(17-18(5)6)7-15-16-8(13)19-7/h3,5,14H,1-2H2,(H2,13,16). The van der Waals surface area contributed by atoms with Crippen LogP contribution in [0.5, 0.6) is 0 Å². The summed E-state index contributed by atoms with van der Waals surface area (Å²) in [5.41, 5.74) is 5.79. The third-order valence-electron chi connectivity index (χ3n) is 2.79. The van der Waals surface area contributed by atoms with E-state index in [2.05, 4.69) is 20.6 Å². The molecule has 1 aliphatic heterocycles. The lowest BCUT2D eigenvalue weighted by molar-refractivity contribution is -0.171. The van der Waals surface area contributed by atoms with Crippen molar-refractivity contribution in [1.29, 1.82) is 0 Å². The van der Waals surface area contributed by atoms with E-state index >= 15 is 0 Å². The average Bonchev–Trinajstić information content (AvgIpc) is 2.92. The van der Waals surface area contributed by atoms with E-state index in [4.69, 9.17) is 5.73 Å². The van der Waals surface area contributed by atoms with Crippen LogP contribution in [0.4, 0.5) is 24.1 Å². The molecule has 0 saturated heterocycles. The summed E-state index contributed by atoms with van der Waals surface area (Å²) in [6, 6.07) is -0.0829. The van der Waals surface area contributed by atoms with Gasteiger partial charge in [-0.05, 0) is 6.42 Å². The third kappa shape index (κ3) is 2.11. The highest BCUT2D eigenvalue weighted by molar-refractivity contribution is 7.18. The number of alkyl halides is 3. The van der Waals surface area contributed by atoms with Gasteiger partial charge in [0.25, 0.3) is 0 Å². The van der Waals surface area contributed by atoms with Crippen molar-refractivity contribution in [3.63, 3.8) is 0 Å². The molecule has 3 N–H and O–H groups in total. The molecule has 3 rings (SSSR count). The summed E-state index contributed by atoms with van der Waals surface area (Å²) in [6.45, 7) is 0.258. The van der Waals surface area contributed by atoms with Crippen molar-refractivity contribution < 1.29 is 13.2 Å². The van der Waals surface area contributed by atoms with Crippen LogP contribution in [0.3, 0.4) is 0 Å². The van der Waals surface area contributed by atoms with Gasteiger partial charge in [-0.25, -0.2) is 4.68 Å². The molecule has 0 bridgehead atoms. The molecule has 10 heteroatoms. The van der Waals surface area contributed by atoms with Gasteiger partial charge in [-0.1, -0.05) is 11.3 Å². The minimum Gasteiger partial charge on any atom is -0.374 e. The first-order chi connectivity index (χ1) is 8.95. The molecule has 0 aliphatic carbocycles. The number of fused-ring (bicyclic) bond motifs is 1. The van der Waals surface area contributed by atoms with Crippen LogP contribution in [-0.4, -0.2) is 32.7 Å². The maximum atomic E-state index is 12.9. The number of nitrogen functional groups attached to an aromatic ring is 1. The van der Waals surface area contributed by atoms with Crippen molar-refractivity contribution in [3.05, 3.63) is 6.07 Å². The molecule has 102 valence electrons. The molecule has 3 heterocycles. The fourth-order valence-electron chi connectivity index (χ4n) is 1.97. The smallest absolute Gasteiger partial charge is 0.374 e. The summed E-state index contributed by atoms with van der Waals surface area (Å²) >= 11 is 1.08. The first-order valence-corrected chi connectivity index (χ1v) is 6.26. The maximum Gasteiger partial charge on any atom is 0.410 e. The van der Waals surface area contributed by atoms with Gasteiger partial charge in [-0.15, -0.1) is 10.2 Å². The molecule has 2 aromatic heterocycles. The summed E-state index contributed by atoms with van der Waals surface area (Å²) in [6.07, 6.45) is -4.36. The van der Waals surface area contributed by atoms with Gasteiger partial charge < -0.3 is 11.1 Å². The van der Waals surface area contributed by atoms with E-state index in [9.17, 15) is 13.2 Å². The number of nitrogens with zero attached hydrogens (tertiary/aromatic N) is 4. The third-order valence-corrected chi connectivity index (χ3v) is 3.57. The summed E-state index contributed by atoms with van der Waals surface area (Å²) in [7, 11) is 0. The van der Waals surface area contributed by atoms with Crippen molar-refractivity contribution in [3.8, 4) is 10.7 Å². The molecule has 1 aliphatic rings. The zero-order valence-corrected chi connectivity index (χ0v) is 10.3. The van der Waals surface area contributed by atoms with Crippen LogP contribution < -0.4 is 11.1 Å². The molecule has 0 saturated carbocycles. The molecule has 0 spiro atoms. The topological polar surface area (TPSA) is 81.7 Å². The summed E-state index contributed by atoms with van der Waals surface area (Å²) in [4.78, 5) is 0. The molecule has 0 aromatic carbocycles. The number of nitrogens with one attached hydrogen (secondary N) is 1. The first kappa shape index (κ1) is 12.2. The number of rotatable bonds is 1. The highest BCUT2D eigenvalue weighted by Gasteiger charge is 2.44. The van der Waals surface area contributed by atoms with E-state index in [0.29, 0.717) is 16.5 Å². The van der Waals surface area contributed by atoms with Crippen molar-refractivity contribution in [2.45, 2.75) is 18.6 Å². The average molecular weight is 290 g/mol. The van der Waals surface area contributed by atoms with Crippen LogP contribution in [0.2, 0.25) is 0 Å². The Bertz CT molecular complexity index is 603. The van der Waals surface area contributed by atoms with Crippen LogP contribution in [0.15, 0.2) is 6.07 Å². The molecule has 19 heavy (non-hydrogen) atoms. The van der Waals surface area contributed by atoms with Gasteiger partial charge >= 0.3 is 6.18 Å². The largest absolute Gasteiger partial charge is 0.410 e. The predicted octanol–water partition coefficient (Wildman–Crippen LogP) is 1.90. The van der Waals surface area contributed by atoms with Crippen molar-refractivity contribution in [2.75, 3.05) is 17.6 Å². The van der Waals surface area contributed by atoms with Crippen molar-refractivity contribution in [1.82, 2.24) is 20.0 Å². The minimum atomic E-state index is -4.32. The van der Waals surface area contributed by atoms with Crippen molar-refractivity contribution >= 4 is 22.3 Å². The molecule has 1 unspecified atom stereocenters. The maximum absolute atomic E-state index is 12.9. The molecular weight excluding hydrogens is 281 g/mol. The van der Waals surface area contributed by atoms with Crippen LogP contribution >= 0.6 is 11.3 Å². The lowest BCUT2D eigenvalue weighted by Gasteiger charge is -2.27. The van der Waals surface area contributed by atoms with Crippen LogP contribution in [0.25, 0.3) is 10.7 Å². The normalized spacial score (nSPS) is 19.0. The van der Waals surface area contributed by atoms with Crippen LogP contribution in [-0.2, 0) is 0 Å². The number of hydrogen-bond acceptors (Lipinski definition) is 6. The highest BCUT2D eigenvalue weighted by Crippen LogP contribution is 2.39. The number of anilines is 2. The first-order valence-electron chi connectivity index (χ1n) is 5.44. The monoisotopic (exact) mass is 290 g/mol. The quantitative estimate of drug-likeness (QED) is 0.838. The molecular formula is C9H9F3N6S. The molecule has 2 aromatic rings. The number of aromatic nitrogens is 4. The van der Waals surface area contributed by atoms with E-state index in [1.54, 1.807) is 0 Å². The Morgan fingerprint density at radius 3 is 2.84 bits per heavy atom. The second kappa shape index (κ2) is 4.08. The molecule has 6 nitrogen and oxygen atoms in total. The van der Waals surface area contributed by atoms with Gasteiger partial charge in [-0.3, -0.25) is 0 Å². The van der Waals surface area contributed by atoms with E-state index < -0.39 is 12.2 Å². The fourth-order valence-corrected chi connectivity index (χ4v) is 2.53. The number of hydrogen-bond donors (Lipinski definition) is 2. The number of halogens is 3.